The van der Waals surface area contributed by atoms with Gasteiger partial charge < -0.3 is 9.47 Å². The lowest BCUT2D eigenvalue weighted by molar-refractivity contribution is -0.235. The van der Waals surface area contributed by atoms with Crippen LogP contribution in [0.2, 0.25) is 0 Å². The summed E-state index contributed by atoms with van der Waals surface area (Å²) in [5, 5.41) is 0. The molecule has 4 rings (SSSR count). The van der Waals surface area contributed by atoms with E-state index in [-0.39, 0.29) is 23.7 Å². The van der Waals surface area contributed by atoms with Gasteiger partial charge in [-0.15, -0.1) is 0 Å². The smallest absolute Gasteiger partial charge is 0.238 e. The first-order valence-corrected chi connectivity index (χ1v) is 9.16. The summed E-state index contributed by atoms with van der Waals surface area (Å²) in [4.78, 5) is 27.5. The number of imide groups is 1. The molecule has 3 aliphatic rings. The Morgan fingerprint density at radius 2 is 1.38 bits per heavy atom. The van der Waals surface area contributed by atoms with Crippen LogP contribution >= 0.6 is 31.9 Å². The molecule has 1 aliphatic heterocycles. The Bertz CT molecular complexity index is 719. The summed E-state index contributed by atoms with van der Waals surface area (Å²) in [5.74, 6) is -3.06. The Morgan fingerprint density at radius 3 is 1.79 bits per heavy atom. The number of nitrogens with zero attached hydrogens (tertiary/aromatic N) is 1. The van der Waals surface area contributed by atoms with Crippen LogP contribution in [-0.2, 0) is 19.1 Å². The lowest BCUT2D eigenvalue weighted by atomic mass is 9.85. The maximum absolute atomic E-state index is 13.1. The molecule has 1 saturated carbocycles. The molecule has 1 saturated heterocycles. The minimum Gasteiger partial charge on any atom is -0.352 e. The van der Waals surface area contributed by atoms with Gasteiger partial charge in [-0.05, 0) is 12.1 Å². The minimum atomic E-state index is -0.999. The lowest BCUT2D eigenvalue weighted by Crippen LogP contribution is -2.46. The Hall–Kier alpha value is -1.02. The molecule has 1 aromatic rings. The molecule has 0 unspecified atom stereocenters. The average molecular weight is 457 g/mol. The van der Waals surface area contributed by atoms with Gasteiger partial charge in [-0.1, -0.05) is 50.1 Å². The number of hydrogen-bond donors (Lipinski definition) is 0. The molecule has 0 aromatic heterocycles. The Labute approximate surface area is 156 Å². The number of ether oxygens (including phenoxy) is 2. The Balaban J connectivity index is 1.83. The van der Waals surface area contributed by atoms with Crippen molar-refractivity contribution in [3.8, 4) is 0 Å². The number of methoxy groups -OCH3 is 2. The summed E-state index contributed by atoms with van der Waals surface area (Å²) in [6.07, 6.45) is 0. The highest BCUT2D eigenvalue weighted by atomic mass is 79.9. The van der Waals surface area contributed by atoms with Gasteiger partial charge in [0.2, 0.25) is 11.8 Å². The number of hydrogen-bond acceptors (Lipinski definition) is 4. The van der Waals surface area contributed by atoms with Gasteiger partial charge in [-0.3, -0.25) is 14.5 Å². The summed E-state index contributed by atoms with van der Waals surface area (Å²) >= 11 is 7.14. The van der Waals surface area contributed by atoms with Gasteiger partial charge in [0.05, 0.1) is 29.4 Å². The van der Waals surface area contributed by atoms with Crippen LogP contribution in [0.3, 0.4) is 0 Å². The van der Waals surface area contributed by atoms with E-state index < -0.39 is 17.6 Å². The van der Waals surface area contributed by atoms with Crippen molar-refractivity contribution in [2.45, 2.75) is 5.79 Å². The first kappa shape index (κ1) is 16.4. The number of amides is 2. The van der Waals surface area contributed by atoms with Crippen molar-refractivity contribution in [3.63, 3.8) is 0 Å². The van der Waals surface area contributed by atoms with Gasteiger partial charge in [0, 0.05) is 23.2 Å². The molecule has 5 nitrogen and oxygen atoms in total. The van der Waals surface area contributed by atoms with E-state index in [4.69, 9.17) is 9.47 Å². The number of rotatable bonds is 3. The molecule has 0 N–H and O–H groups in total. The summed E-state index contributed by atoms with van der Waals surface area (Å²) in [5.41, 5.74) is 0.606. The molecule has 2 bridgehead atoms. The summed E-state index contributed by atoms with van der Waals surface area (Å²) in [6, 6.07) is 9.04. The summed E-state index contributed by atoms with van der Waals surface area (Å²) in [6.45, 7) is 0. The number of fused-ring (bicyclic) bond motifs is 5. The molecule has 4 atom stereocenters. The van der Waals surface area contributed by atoms with E-state index in [2.05, 4.69) is 31.9 Å². The van der Waals surface area contributed by atoms with Crippen LogP contribution in [0.1, 0.15) is 0 Å². The van der Waals surface area contributed by atoms with E-state index in [9.17, 15) is 9.59 Å². The molecule has 126 valence electrons. The number of carbonyl (C=O) groups is 2. The third-order valence-corrected chi connectivity index (χ3v) is 7.78. The van der Waals surface area contributed by atoms with Crippen LogP contribution in [0.4, 0.5) is 5.69 Å². The molecule has 0 radical (unpaired) electrons. The molecular weight excluding hydrogens is 442 g/mol. The van der Waals surface area contributed by atoms with Gasteiger partial charge in [-0.25, -0.2) is 0 Å². The van der Waals surface area contributed by atoms with E-state index in [0.29, 0.717) is 5.69 Å². The van der Waals surface area contributed by atoms with E-state index in [1.54, 1.807) is 26.4 Å². The zero-order valence-electron chi connectivity index (χ0n) is 13.0. The second-order valence-corrected chi connectivity index (χ2v) is 7.89. The predicted octanol–water partition coefficient (Wildman–Crippen LogP) is 3.04. The first-order chi connectivity index (χ1) is 11.5. The zero-order chi connectivity index (χ0) is 17.2. The molecule has 0 spiro atoms. The van der Waals surface area contributed by atoms with Gasteiger partial charge >= 0.3 is 0 Å². The van der Waals surface area contributed by atoms with Crippen LogP contribution in [0.15, 0.2) is 39.3 Å². The molecular formula is C17H15Br2NO4. The third-order valence-electron chi connectivity index (χ3n) is 5.41. The van der Waals surface area contributed by atoms with Crippen molar-refractivity contribution in [2.75, 3.05) is 19.1 Å². The molecule has 2 amide bonds. The van der Waals surface area contributed by atoms with Crippen molar-refractivity contribution in [1.29, 1.82) is 0 Å². The van der Waals surface area contributed by atoms with Gasteiger partial charge in [0.15, 0.2) is 5.79 Å². The van der Waals surface area contributed by atoms with E-state index >= 15 is 0 Å². The standard InChI is InChI=1S/C17H15Br2NO4/c1-23-17(24-2)11-9-10(12(17)14(19)13(11)18)16(22)20(15(9)21)8-6-4-3-5-7-8/h3-7,9-12H,1-2H3/t9-,10+,11+,12-. The first-order valence-electron chi connectivity index (χ1n) is 7.57. The van der Waals surface area contributed by atoms with Gasteiger partial charge in [0.1, 0.15) is 0 Å². The third kappa shape index (κ3) is 1.76. The average Bonchev–Trinajstić information content (AvgIpc) is 3.12. The number of halogens is 2. The highest BCUT2D eigenvalue weighted by Crippen LogP contribution is 2.67. The topological polar surface area (TPSA) is 55.8 Å². The van der Waals surface area contributed by atoms with Crippen LogP contribution in [0.5, 0.6) is 0 Å². The largest absolute Gasteiger partial charge is 0.352 e. The highest BCUT2D eigenvalue weighted by Gasteiger charge is 2.75. The quantitative estimate of drug-likeness (QED) is 0.518. The molecule has 2 fully saturated rings. The molecule has 2 aliphatic carbocycles. The lowest BCUT2D eigenvalue weighted by Gasteiger charge is -2.34. The van der Waals surface area contributed by atoms with Crippen molar-refractivity contribution in [3.05, 3.63) is 39.3 Å². The molecule has 24 heavy (non-hydrogen) atoms. The summed E-state index contributed by atoms with van der Waals surface area (Å²) in [7, 11) is 3.11. The van der Waals surface area contributed by atoms with Crippen molar-refractivity contribution < 1.29 is 19.1 Å². The van der Waals surface area contributed by atoms with Crippen molar-refractivity contribution in [1.82, 2.24) is 0 Å². The number of para-hydroxylation sites is 1. The monoisotopic (exact) mass is 455 g/mol. The molecule has 7 heteroatoms. The maximum Gasteiger partial charge on any atom is 0.238 e. The highest BCUT2D eigenvalue weighted by molar-refractivity contribution is 9.14. The fourth-order valence-electron chi connectivity index (χ4n) is 4.50. The van der Waals surface area contributed by atoms with Crippen LogP contribution < -0.4 is 4.90 Å². The number of benzene rings is 1. The predicted molar refractivity (Wildman–Crippen MR) is 94.5 cm³/mol. The van der Waals surface area contributed by atoms with E-state index in [1.165, 1.54) is 4.90 Å². The second kappa shape index (κ2) is 5.49. The Morgan fingerprint density at radius 1 is 0.917 bits per heavy atom. The number of carbonyl (C=O) groups excluding carboxylic acids is 2. The van der Waals surface area contributed by atoms with Gasteiger partial charge in [0.25, 0.3) is 0 Å². The summed E-state index contributed by atoms with van der Waals surface area (Å²) < 4.78 is 13.1. The zero-order valence-corrected chi connectivity index (χ0v) is 16.2. The molecule has 1 aromatic carbocycles. The van der Waals surface area contributed by atoms with Gasteiger partial charge in [-0.2, -0.15) is 0 Å². The Kier molecular flexibility index (Phi) is 3.76. The van der Waals surface area contributed by atoms with Crippen molar-refractivity contribution in [2.24, 2.45) is 23.7 Å². The fourth-order valence-corrected chi connectivity index (χ4v) is 6.20. The van der Waals surface area contributed by atoms with Crippen LogP contribution in [0.25, 0.3) is 0 Å². The van der Waals surface area contributed by atoms with Crippen molar-refractivity contribution >= 4 is 49.4 Å². The minimum absolute atomic E-state index is 0.195. The maximum atomic E-state index is 13.1. The van der Waals surface area contributed by atoms with Crippen LogP contribution in [0, 0.1) is 23.7 Å². The number of anilines is 1. The molecule has 1 heterocycles. The normalized spacial score (nSPS) is 33.6. The SMILES string of the molecule is COC1(OC)[C@@H]2C(Br)=C(Br)[C@H]1[C@H]1C(=O)N(c3ccccc3)C(=O)[C@H]12. The van der Waals surface area contributed by atoms with Crippen LogP contribution in [-0.4, -0.2) is 31.8 Å². The fraction of sp³-hybridized carbons (Fsp3) is 0.412. The van der Waals surface area contributed by atoms with E-state index in [0.717, 1.165) is 8.96 Å². The second-order valence-electron chi connectivity index (χ2n) is 6.18. The van der Waals surface area contributed by atoms with E-state index in [1.807, 2.05) is 18.2 Å².